The summed E-state index contributed by atoms with van der Waals surface area (Å²) in [7, 11) is 0. The molecule has 0 aromatic carbocycles. The summed E-state index contributed by atoms with van der Waals surface area (Å²) in [5.74, 6) is 1.95. The van der Waals surface area contributed by atoms with Crippen LogP contribution in [0, 0.1) is 0 Å². The zero-order valence-corrected chi connectivity index (χ0v) is 22.6. The molecule has 1 aliphatic carbocycles. The number of rotatable bonds is 8. The lowest BCUT2D eigenvalue weighted by Crippen LogP contribution is -2.32. The molecule has 1 saturated carbocycles. The molecule has 38 heavy (non-hydrogen) atoms. The first-order valence-electron chi connectivity index (χ1n) is 12.8. The average Bonchev–Trinajstić information content (AvgIpc) is 3.59. The number of ether oxygens (including phenoxy) is 3. The summed E-state index contributed by atoms with van der Waals surface area (Å²) in [5.41, 5.74) is 0.870. The summed E-state index contributed by atoms with van der Waals surface area (Å²) in [6.07, 6.45) is 11.2. The molecule has 196 valence electrons. The van der Waals surface area contributed by atoms with Crippen molar-refractivity contribution in [1.82, 2.24) is 24.3 Å². The van der Waals surface area contributed by atoms with Crippen molar-refractivity contribution in [3.63, 3.8) is 0 Å². The van der Waals surface area contributed by atoms with Crippen LogP contribution in [-0.4, -0.2) is 36.7 Å². The summed E-state index contributed by atoms with van der Waals surface area (Å²) in [4.78, 5) is 19.1. The molecule has 2 fully saturated rings. The minimum absolute atomic E-state index is 0.261. The van der Waals surface area contributed by atoms with Crippen molar-refractivity contribution in [3.05, 3.63) is 66.5 Å². The van der Waals surface area contributed by atoms with Crippen LogP contribution >= 0.6 is 23.3 Å². The molecule has 11 heteroatoms. The van der Waals surface area contributed by atoms with Gasteiger partial charge in [-0.15, -0.1) is 0 Å². The largest absolute Gasteiger partial charge is 0.452 e. The fraction of sp³-hybridized carbons (Fsp3) is 0.370. The van der Waals surface area contributed by atoms with E-state index in [0.717, 1.165) is 47.7 Å². The Morgan fingerprint density at radius 1 is 1.08 bits per heavy atom. The third kappa shape index (κ3) is 5.65. The van der Waals surface area contributed by atoms with Crippen LogP contribution in [0.25, 0.3) is 0 Å². The molecule has 1 N–H and O–H groups in total. The van der Waals surface area contributed by atoms with E-state index in [4.69, 9.17) is 19.2 Å². The molecule has 1 aliphatic heterocycles. The Morgan fingerprint density at radius 2 is 1.97 bits per heavy atom. The maximum absolute atomic E-state index is 6.35. The van der Waals surface area contributed by atoms with Gasteiger partial charge in [-0.2, -0.15) is 4.37 Å². The zero-order valence-electron chi connectivity index (χ0n) is 21.0. The Balaban J connectivity index is 1.24. The second-order valence-corrected chi connectivity index (χ2v) is 11.0. The summed E-state index contributed by atoms with van der Waals surface area (Å²) in [6.45, 7) is 2.53. The molecule has 0 unspecified atom stereocenters. The molecule has 5 heterocycles. The van der Waals surface area contributed by atoms with E-state index in [2.05, 4.69) is 31.6 Å². The molecule has 0 radical (unpaired) electrons. The standard InChI is InChI=1S/C27H28N6O3S2/c1-2-19-20(9-8-14-28-19)35-21-15-18(37-23-10-4-7-13-29-23)16-30-24(21)31-26-32-25(33-38-26)22-17-34-27(36-22)11-5-3-6-12-27/h4,7-10,13-16,22H,2-3,5-6,11-12,17H2,1H3,(H,30,31,32,33)/t22-/m1/s1. The fourth-order valence-electron chi connectivity index (χ4n) is 4.63. The van der Waals surface area contributed by atoms with Crippen molar-refractivity contribution in [1.29, 1.82) is 0 Å². The lowest BCUT2D eigenvalue weighted by molar-refractivity contribution is -0.188. The molecule has 4 aromatic rings. The van der Waals surface area contributed by atoms with Crippen molar-refractivity contribution in [2.75, 3.05) is 11.9 Å². The maximum atomic E-state index is 6.35. The van der Waals surface area contributed by atoms with E-state index >= 15 is 0 Å². The monoisotopic (exact) mass is 548 g/mol. The van der Waals surface area contributed by atoms with Gasteiger partial charge in [0.1, 0.15) is 16.9 Å². The first kappa shape index (κ1) is 25.2. The SMILES string of the molecule is CCc1ncccc1Oc1cc(Sc2ccccn2)cnc1Nc1nc([C@H]2COC3(CCCCC3)O2)ns1. The van der Waals surface area contributed by atoms with Crippen LogP contribution in [0.1, 0.15) is 56.7 Å². The molecule has 1 saturated heterocycles. The van der Waals surface area contributed by atoms with Crippen molar-refractivity contribution in [2.24, 2.45) is 0 Å². The van der Waals surface area contributed by atoms with Gasteiger partial charge in [-0.3, -0.25) is 4.98 Å². The second-order valence-electron chi connectivity index (χ2n) is 9.16. The highest BCUT2D eigenvalue weighted by molar-refractivity contribution is 7.99. The number of nitrogens with zero attached hydrogens (tertiary/aromatic N) is 5. The topological polar surface area (TPSA) is 104 Å². The van der Waals surface area contributed by atoms with Gasteiger partial charge in [0.05, 0.1) is 12.3 Å². The van der Waals surface area contributed by atoms with Gasteiger partial charge in [-0.1, -0.05) is 31.2 Å². The Morgan fingerprint density at radius 3 is 2.82 bits per heavy atom. The van der Waals surface area contributed by atoms with Crippen LogP contribution in [0.2, 0.25) is 0 Å². The summed E-state index contributed by atoms with van der Waals surface area (Å²) in [5, 5.41) is 4.79. The minimum Gasteiger partial charge on any atom is -0.452 e. The second kappa shape index (κ2) is 11.3. The zero-order chi connectivity index (χ0) is 25.8. The van der Waals surface area contributed by atoms with E-state index in [-0.39, 0.29) is 6.10 Å². The van der Waals surface area contributed by atoms with Crippen LogP contribution in [-0.2, 0) is 15.9 Å². The molecule has 9 nitrogen and oxygen atoms in total. The van der Waals surface area contributed by atoms with Gasteiger partial charge >= 0.3 is 0 Å². The normalized spacial score (nSPS) is 18.5. The lowest BCUT2D eigenvalue weighted by atomic mass is 9.94. The van der Waals surface area contributed by atoms with Gasteiger partial charge in [0.15, 0.2) is 23.2 Å². The third-order valence-corrected chi connectivity index (χ3v) is 8.07. The van der Waals surface area contributed by atoms with Gasteiger partial charge < -0.3 is 19.5 Å². The third-order valence-electron chi connectivity index (χ3n) is 6.52. The van der Waals surface area contributed by atoms with Crippen LogP contribution in [0.15, 0.2) is 64.9 Å². The lowest BCUT2D eigenvalue weighted by Gasteiger charge is -2.31. The molecule has 1 atom stereocenters. The number of hydrogen-bond acceptors (Lipinski definition) is 11. The average molecular weight is 549 g/mol. The van der Waals surface area contributed by atoms with Crippen molar-refractivity contribution in [3.8, 4) is 11.5 Å². The molecular weight excluding hydrogens is 520 g/mol. The van der Waals surface area contributed by atoms with Gasteiger partial charge in [-0.05, 0) is 43.5 Å². The number of aryl methyl sites for hydroxylation is 1. The van der Waals surface area contributed by atoms with Gasteiger partial charge in [0.2, 0.25) is 5.13 Å². The van der Waals surface area contributed by atoms with Crippen molar-refractivity contribution >= 4 is 34.2 Å². The highest BCUT2D eigenvalue weighted by Crippen LogP contribution is 2.43. The first-order chi connectivity index (χ1) is 18.7. The number of aromatic nitrogens is 5. The van der Waals surface area contributed by atoms with Crippen LogP contribution in [0.3, 0.4) is 0 Å². The Labute approximate surface area is 229 Å². The molecular formula is C27H28N6O3S2. The molecule has 0 bridgehead atoms. The predicted molar refractivity (Wildman–Crippen MR) is 145 cm³/mol. The molecule has 6 rings (SSSR count). The minimum atomic E-state index is -0.466. The highest BCUT2D eigenvalue weighted by atomic mass is 32.2. The number of anilines is 2. The van der Waals surface area contributed by atoms with E-state index in [1.807, 2.05) is 36.4 Å². The predicted octanol–water partition coefficient (Wildman–Crippen LogP) is 6.72. The van der Waals surface area contributed by atoms with E-state index in [9.17, 15) is 0 Å². The van der Waals surface area contributed by atoms with E-state index in [1.165, 1.54) is 29.7 Å². The summed E-state index contributed by atoms with van der Waals surface area (Å²) < 4.78 is 23.3. The molecule has 0 amide bonds. The van der Waals surface area contributed by atoms with E-state index in [0.29, 0.717) is 34.9 Å². The van der Waals surface area contributed by atoms with Crippen LogP contribution < -0.4 is 10.1 Å². The highest BCUT2D eigenvalue weighted by Gasteiger charge is 2.44. The van der Waals surface area contributed by atoms with Crippen molar-refractivity contribution < 1.29 is 14.2 Å². The molecule has 2 aliphatic rings. The maximum Gasteiger partial charge on any atom is 0.208 e. The van der Waals surface area contributed by atoms with E-state index in [1.54, 1.807) is 18.6 Å². The quantitative estimate of drug-likeness (QED) is 0.255. The van der Waals surface area contributed by atoms with Gasteiger partial charge in [0.25, 0.3) is 0 Å². The van der Waals surface area contributed by atoms with Gasteiger partial charge in [-0.25, -0.2) is 15.0 Å². The van der Waals surface area contributed by atoms with Crippen LogP contribution in [0.4, 0.5) is 10.9 Å². The van der Waals surface area contributed by atoms with Gasteiger partial charge in [0, 0.05) is 53.9 Å². The Kier molecular flexibility index (Phi) is 7.50. The number of nitrogens with one attached hydrogen (secondary N) is 1. The Bertz CT molecular complexity index is 1380. The summed E-state index contributed by atoms with van der Waals surface area (Å²) >= 11 is 2.78. The molecule has 1 spiro atoms. The van der Waals surface area contributed by atoms with Crippen LogP contribution in [0.5, 0.6) is 11.5 Å². The number of pyridine rings is 3. The fourth-order valence-corrected chi connectivity index (χ4v) is 6.02. The Hall–Kier alpha value is -3.12. The smallest absolute Gasteiger partial charge is 0.208 e. The summed E-state index contributed by atoms with van der Waals surface area (Å²) in [6, 6.07) is 11.5. The molecule has 4 aromatic heterocycles. The number of hydrogen-bond donors (Lipinski definition) is 1. The van der Waals surface area contributed by atoms with E-state index < -0.39 is 5.79 Å². The van der Waals surface area contributed by atoms with Crippen molar-refractivity contribution in [2.45, 2.75) is 67.3 Å². The first-order valence-corrected chi connectivity index (χ1v) is 14.4.